The number of hydrogen-bond donors (Lipinski definition) is 1. The summed E-state index contributed by atoms with van der Waals surface area (Å²) in [5.41, 5.74) is 0. The molecule has 0 unspecified atom stereocenters. The fraction of sp³-hybridized carbons (Fsp3) is 0.625. The highest BCUT2D eigenvalue weighted by Crippen LogP contribution is 2.37. The Kier molecular flexibility index (Phi) is 3.55. The van der Waals surface area contributed by atoms with Gasteiger partial charge < -0.3 is 10.2 Å². The zero-order valence-electron chi connectivity index (χ0n) is 12.5. The van der Waals surface area contributed by atoms with Crippen molar-refractivity contribution in [2.45, 2.75) is 38.6 Å². The maximum Gasteiger partial charge on any atom is 0.141 e. The van der Waals surface area contributed by atoms with E-state index in [4.69, 9.17) is 0 Å². The topological polar surface area (TPSA) is 41.0 Å². The van der Waals surface area contributed by atoms with Crippen LogP contribution in [0, 0.1) is 12.8 Å². The molecule has 0 atom stereocenters. The molecule has 21 heavy (non-hydrogen) atoms. The predicted molar refractivity (Wildman–Crippen MR) is 88.1 cm³/mol. The Morgan fingerprint density at radius 3 is 2.81 bits per heavy atom. The van der Waals surface area contributed by atoms with Gasteiger partial charge >= 0.3 is 0 Å². The smallest absolute Gasteiger partial charge is 0.141 e. The van der Waals surface area contributed by atoms with E-state index in [2.05, 4.69) is 33.2 Å². The van der Waals surface area contributed by atoms with Gasteiger partial charge in [-0.25, -0.2) is 9.97 Å². The van der Waals surface area contributed by atoms with Crippen LogP contribution in [0.3, 0.4) is 0 Å². The zero-order chi connectivity index (χ0) is 14.2. The van der Waals surface area contributed by atoms with E-state index in [0.717, 1.165) is 17.3 Å². The third kappa shape index (κ3) is 2.77. The van der Waals surface area contributed by atoms with Crippen molar-refractivity contribution in [3.05, 3.63) is 17.3 Å². The second-order valence-corrected chi connectivity index (χ2v) is 7.58. The molecule has 4 rings (SSSR count). The van der Waals surface area contributed by atoms with E-state index >= 15 is 0 Å². The van der Waals surface area contributed by atoms with Crippen LogP contribution in [-0.2, 0) is 0 Å². The van der Waals surface area contributed by atoms with Crippen molar-refractivity contribution in [2.75, 3.05) is 24.5 Å². The number of hydrogen-bond acceptors (Lipinski definition) is 5. The molecule has 1 N–H and O–H groups in total. The van der Waals surface area contributed by atoms with E-state index in [1.165, 1.54) is 54.9 Å². The van der Waals surface area contributed by atoms with Gasteiger partial charge in [0.2, 0.25) is 0 Å². The van der Waals surface area contributed by atoms with E-state index < -0.39 is 0 Å². The van der Waals surface area contributed by atoms with Crippen molar-refractivity contribution in [3.63, 3.8) is 0 Å². The Balaban J connectivity index is 1.65. The first-order valence-corrected chi connectivity index (χ1v) is 8.81. The highest BCUT2D eigenvalue weighted by atomic mass is 32.1. The average molecular weight is 302 g/mol. The molecule has 1 saturated heterocycles. The molecule has 0 amide bonds. The van der Waals surface area contributed by atoms with Gasteiger partial charge in [0.25, 0.3) is 0 Å². The Bertz CT molecular complexity index is 628. The number of piperidine rings is 1. The molecule has 2 fully saturated rings. The van der Waals surface area contributed by atoms with Gasteiger partial charge in [-0.05, 0) is 57.7 Å². The summed E-state index contributed by atoms with van der Waals surface area (Å²) in [5.74, 6) is 1.97. The minimum atomic E-state index is 0.707. The molecule has 0 radical (unpaired) electrons. The standard InChI is InChI=1S/C16H22N4S/c1-11-8-14-15(18-10-19-16(14)21-11)20(13-2-3-13)9-12-4-6-17-7-5-12/h8,10,12-13,17H,2-7,9H2,1H3. The third-order valence-corrected chi connectivity index (χ3v) is 5.56. The monoisotopic (exact) mass is 302 g/mol. The van der Waals surface area contributed by atoms with Crippen molar-refractivity contribution in [2.24, 2.45) is 5.92 Å². The van der Waals surface area contributed by atoms with Crippen LogP contribution in [0.2, 0.25) is 0 Å². The lowest BCUT2D eigenvalue weighted by Gasteiger charge is -2.31. The molecular weight excluding hydrogens is 280 g/mol. The Morgan fingerprint density at radius 1 is 1.24 bits per heavy atom. The summed E-state index contributed by atoms with van der Waals surface area (Å²) in [6.45, 7) is 5.65. The number of anilines is 1. The number of fused-ring (bicyclic) bond motifs is 1. The molecule has 5 heteroatoms. The van der Waals surface area contributed by atoms with E-state index in [0.29, 0.717) is 6.04 Å². The fourth-order valence-corrected chi connectivity index (χ4v) is 4.17. The summed E-state index contributed by atoms with van der Waals surface area (Å²) in [7, 11) is 0. The second-order valence-electron chi connectivity index (χ2n) is 6.35. The second kappa shape index (κ2) is 5.54. The molecule has 3 heterocycles. The van der Waals surface area contributed by atoms with Crippen LogP contribution in [-0.4, -0.2) is 35.6 Å². The molecule has 1 saturated carbocycles. The minimum Gasteiger partial charge on any atom is -0.353 e. The number of aromatic nitrogens is 2. The van der Waals surface area contributed by atoms with Crippen LogP contribution < -0.4 is 10.2 Å². The predicted octanol–water partition coefficient (Wildman–Crippen LogP) is 2.97. The van der Waals surface area contributed by atoms with Crippen LogP contribution in [0.1, 0.15) is 30.6 Å². The van der Waals surface area contributed by atoms with Crippen molar-refractivity contribution >= 4 is 27.4 Å². The van der Waals surface area contributed by atoms with Crippen LogP contribution in [0.4, 0.5) is 5.82 Å². The van der Waals surface area contributed by atoms with Crippen molar-refractivity contribution < 1.29 is 0 Å². The van der Waals surface area contributed by atoms with Gasteiger partial charge in [0.05, 0.1) is 5.39 Å². The first-order valence-electron chi connectivity index (χ1n) is 8.00. The van der Waals surface area contributed by atoms with Crippen LogP contribution in [0.25, 0.3) is 10.2 Å². The summed E-state index contributed by atoms with van der Waals surface area (Å²) in [6.07, 6.45) is 6.96. The highest BCUT2D eigenvalue weighted by molar-refractivity contribution is 7.18. The van der Waals surface area contributed by atoms with Crippen LogP contribution in [0.15, 0.2) is 12.4 Å². The molecule has 1 aliphatic heterocycles. The molecular formula is C16H22N4S. The third-order valence-electron chi connectivity index (χ3n) is 4.60. The van der Waals surface area contributed by atoms with E-state index in [-0.39, 0.29) is 0 Å². The Labute approximate surface area is 129 Å². The molecule has 0 spiro atoms. The first kappa shape index (κ1) is 13.5. The first-order chi connectivity index (χ1) is 10.3. The van der Waals surface area contributed by atoms with Crippen LogP contribution in [0.5, 0.6) is 0 Å². The fourth-order valence-electron chi connectivity index (χ4n) is 3.33. The quantitative estimate of drug-likeness (QED) is 0.943. The van der Waals surface area contributed by atoms with Gasteiger partial charge in [-0.3, -0.25) is 0 Å². The van der Waals surface area contributed by atoms with E-state index in [9.17, 15) is 0 Å². The largest absolute Gasteiger partial charge is 0.353 e. The summed E-state index contributed by atoms with van der Waals surface area (Å²) in [6, 6.07) is 2.96. The van der Waals surface area contributed by atoms with Crippen molar-refractivity contribution in [1.29, 1.82) is 0 Å². The summed E-state index contributed by atoms with van der Waals surface area (Å²) >= 11 is 1.77. The lowest BCUT2D eigenvalue weighted by molar-refractivity contribution is 0.372. The average Bonchev–Trinajstić information content (AvgIpc) is 3.26. The molecule has 1 aliphatic carbocycles. The maximum atomic E-state index is 4.65. The van der Waals surface area contributed by atoms with Crippen molar-refractivity contribution in [3.8, 4) is 0 Å². The van der Waals surface area contributed by atoms with Crippen molar-refractivity contribution in [1.82, 2.24) is 15.3 Å². The normalized spacial score (nSPS) is 20.0. The molecule has 0 aromatic carbocycles. The SMILES string of the molecule is Cc1cc2c(N(CC3CCNCC3)C3CC3)ncnc2s1. The summed E-state index contributed by atoms with van der Waals surface area (Å²) < 4.78 is 0. The Morgan fingerprint density at radius 2 is 2.05 bits per heavy atom. The molecule has 0 bridgehead atoms. The molecule has 2 aromatic rings. The zero-order valence-corrected chi connectivity index (χ0v) is 13.3. The summed E-state index contributed by atoms with van der Waals surface area (Å²) in [4.78, 5) is 14.1. The molecule has 4 nitrogen and oxygen atoms in total. The van der Waals surface area contributed by atoms with Crippen LogP contribution >= 0.6 is 11.3 Å². The molecule has 112 valence electrons. The lowest BCUT2D eigenvalue weighted by atomic mass is 9.97. The van der Waals surface area contributed by atoms with Gasteiger partial charge in [-0.2, -0.15) is 0 Å². The molecule has 2 aliphatic rings. The van der Waals surface area contributed by atoms with Gasteiger partial charge in [-0.1, -0.05) is 0 Å². The van der Waals surface area contributed by atoms with Gasteiger partial charge in [0, 0.05) is 17.5 Å². The molecule has 2 aromatic heterocycles. The number of nitrogens with one attached hydrogen (secondary N) is 1. The number of rotatable bonds is 4. The van der Waals surface area contributed by atoms with Gasteiger partial charge in [0.15, 0.2) is 0 Å². The highest BCUT2D eigenvalue weighted by Gasteiger charge is 2.33. The lowest BCUT2D eigenvalue weighted by Crippen LogP contribution is -2.37. The van der Waals surface area contributed by atoms with E-state index in [1.807, 2.05) is 0 Å². The maximum absolute atomic E-state index is 4.65. The number of aryl methyl sites for hydroxylation is 1. The number of thiophene rings is 1. The number of nitrogens with zero attached hydrogens (tertiary/aromatic N) is 3. The van der Waals surface area contributed by atoms with Gasteiger partial charge in [0.1, 0.15) is 17.0 Å². The Hall–Kier alpha value is -1.20. The van der Waals surface area contributed by atoms with Gasteiger partial charge in [-0.15, -0.1) is 11.3 Å². The minimum absolute atomic E-state index is 0.707. The van der Waals surface area contributed by atoms with E-state index in [1.54, 1.807) is 17.7 Å². The summed E-state index contributed by atoms with van der Waals surface area (Å²) in [5, 5.41) is 4.71.